The van der Waals surface area contributed by atoms with Crippen molar-refractivity contribution in [2.24, 2.45) is 0 Å². The Morgan fingerprint density at radius 2 is 1.36 bits per heavy atom. The molecule has 0 aromatic carbocycles. The van der Waals surface area contributed by atoms with Crippen molar-refractivity contribution >= 4 is 19.3 Å². The Labute approximate surface area is 90.8 Å². The largest absolute Gasteiger partial charge is 0.528 e. The maximum Gasteiger partial charge on any atom is 0.528 e. The molecule has 6 heteroatoms. The first kappa shape index (κ1) is 16.4. The molecule has 0 bridgehead atoms. The van der Waals surface area contributed by atoms with Crippen LogP contribution in [0.4, 0.5) is 0 Å². The van der Waals surface area contributed by atoms with Crippen molar-refractivity contribution < 1.29 is 18.1 Å². The molecule has 0 aliphatic heterocycles. The van der Waals surface area contributed by atoms with E-state index in [9.17, 15) is 0 Å². The summed E-state index contributed by atoms with van der Waals surface area (Å²) in [5.74, 6) is 0. The van der Waals surface area contributed by atoms with E-state index in [1.54, 1.807) is 5.70 Å². The van der Waals surface area contributed by atoms with Crippen molar-refractivity contribution in [3.8, 4) is 0 Å². The summed E-state index contributed by atoms with van der Waals surface area (Å²) in [7, 11) is -2.20. The van der Waals surface area contributed by atoms with Crippen LogP contribution in [0.3, 0.4) is 0 Å². The molecule has 0 aromatic rings. The SMILES string of the molecule is C=C[Si](OCC)(OCC)OCC.O[SiH3]. The van der Waals surface area contributed by atoms with Gasteiger partial charge in [0, 0.05) is 19.8 Å². The predicted octanol–water partition coefficient (Wildman–Crippen LogP) is 0.0191. The van der Waals surface area contributed by atoms with Crippen LogP contribution >= 0.6 is 0 Å². The highest BCUT2D eigenvalue weighted by molar-refractivity contribution is 6.66. The highest BCUT2D eigenvalue weighted by atomic mass is 28.4. The topological polar surface area (TPSA) is 47.9 Å². The minimum atomic E-state index is -2.51. The molecule has 0 amide bonds. The first-order valence-electron chi connectivity index (χ1n) is 4.74. The summed E-state index contributed by atoms with van der Waals surface area (Å²) < 4.78 is 16.3. The molecular weight excluding hydrogens is 216 g/mol. The lowest BCUT2D eigenvalue weighted by molar-refractivity contribution is 0.0844. The third kappa shape index (κ3) is 6.47. The van der Waals surface area contributed by atoms with Gasteiger partial charge in [-0.05, 0) is 26.5 Å². The van der Waals surface area contributed by atoms with E-state index in [0.29, 0.717) is 30.3 Å². The monoisotopic (exact) mass is 238 g/mol. The van der Waals surface area contributed by atoms with Gasteiger partial charge >= 0.3 is 8.80 Å². The van der Waals surface area contributed by atoms with E-state index >= 15 is 0 Å². The summed E-state index contributed by atoms with van der Waals surface area (Å²) in [6.45, 7) is 11.2. The molecule has 0 aliphatic rings. The minimum absolute atomic E-state index is 0.306. The highest BCUT2D eigenvalue weighted by Crippen LogP contribution is 2.10. The third-order valence-electron chi connectivity index (χ3n) is 1.29. The lowest BCUT2D eigenvalue weighted by Gasteiger charge is -2.24. The maximum atomic E-state index is 7.14. The van der Waals surface area contributed by atoms with Crippen LogP contribution in [-0.2, 0) is 13.3 Å². The van der Waals surface area contributed by atoms with Gasteiger partial charge in [0.15, 0.2) is 0 Å². The second kappa shape index (κ2) is 11.1. The van der Waals surface area contributed by atoms with Gasteiger partial charge in [-0.15, -0.1) is 0 Å². The Morgan fingerprint density at radius 3 is 1.50 bits per heavy atom. The molecule has 86 valence electrons. The molecule has 0 saturated heterocycles. The van der Waals surface area contributed by atoms with Gasteiger partial charge in [0.2, 0.25) is 0 Å². The Balaban J connectivity index is 0. The second-order valence-corrected chi connectivity index (χ2v) is 4.59. The van der Waals surface area contributed by atoms with E-state index in [1.807, 2.05) is 20.8 Å². The van der Waals surface area contributed by atoms with Gasteiger partial charge in [-0.25, -0.2) is 0 Å². The molecule has 0 radical (unpaired) electrons. The molecule has 0 spiro atoms. The van der Waals surface area contributed by atoms with E-state index in [2.05, 4.69) is 6.58 Å². The Hall–Kier alpha value is 0.0138. The van der Waals surface area contributed by atoms with Crippen LogP contribution in [-0.4, -0.2) is 43.9 Å². The van der Waals surface area contributed by atoms with Gasteiger partial charge in [-0.3, -0.25) is 0 Å². The zero-order valence-corrected chi connectivity index (χ0v) is 12.6. The standard InChI is InChI=1S/C8H18O3Si.H4OSi/c1-5-9-12(8-4,10-6-2)11-7-3;1-2/h8H,4-7H2,1-3H3;1H,2H3. The average Bonchev–Trinajstić information content (AvgIpc) is 2.22. The fraction of sp³-hybridized carbons (Fsp3) is 0.750. The molecule has 0 unspecified atom stereocenters. The molecule has 0 rings (SSSR count). The van der Waals surface area contributed by atoms with Crippen molar-refractivity contribution in [3.05, 3.63) is 12.3 Å². The van der Waals surface area contributed by atoms with Crippen molar-refractivity contribution in [3.63, 3.8) is 0 Å². The second-order valence-electron chi connectivity index (χ2n) is 2.11. The molecule has 4 nitrogen and oxygen atoms in total. The Bertz CT molecular complexity index is 115. The van der Waals surface area contributed by atoms with E-state index in [1.165, 1.54) is 0 Å². The van der Waals surface area contributed by atoms with Crippen LogP contribution in [0.25, 0.3) is 0 Å². The fourth-order valence-electron chi connectivity index (χ4n) is 0.905. The molecule has 1 N–H and O–H groups in total. The molecule has 0 heterocycles. The smallest absolute Gasteiger partial charge is 0.442 e. The van der Waals surface area contributed by atoms with E-state index < -0.39 is 8.80 Å². The van der Waals surface area contributed by atoms with E-state index in [4.69, 9.17) is 18.1 Å². The van der Waals surface area contributed by atoms with Crippen LogP contribution in [0, 0.1) is 0 Å². The summed E-state index contributed by atoms with van der Waals surface area (Å²) in [6, 6.07) is 0. The van der Waals surface area contributed by atoms with Gasteiger partial charge in [0.1, 0.15) is 10.5 Å². The van der Waals surface area contributed by atoms with Crippen molar-refractivity contribution in [1.82, 2.24) is 0 Å². The lowest BCUT2D eigenvalue weighted by atomic mass is 10.9. The Morgan fingerprint density at radius 1 is 1.07 bits per heavy atom. The number of hydrogen-bond donors (Lipinski definition) is 1. The van der Waals surface area contributed by atoms with Gasteiger partial charge in [0.25, 0.3) is 0 Å². The number of hydrogen-bond acceptors (Lipinski definition) is 4. The van der Waals surface area contributed by atoms with Crippen molar-refractivity contribution in [2.75, 3.05) is 19.8 Å². The molecule has 0 fully saturated rings. The first-order valence-corrected chi connectivity index (χ1v) is 7.44. The number of rotatable bonds is 7. The van der Waals surface area contributed by atoms with Crippen LogP contribution in [0.15, 0.2) is 12.3 Å². The maximum absolute atomic E-state index is 7.14. The molecular formula is C8H22O4Si2. The summed E-state index contributed by atoms with van der Waals surface area (Å²) in [5.41, 5.74) is 1.67. The van der Waals surface area contributed by atoms with Crippen LogP contribution in [0.1, 0.15) is 20.8 Å². The van der Waals surface area contributed by atoms with E-state index in [0.717, 1.165) is 0 Å². The lowest BCUT2D eigenvalue weighted by Crippen LogP contribution is -2.44. The van der Waals surface area contributed by atoms with Crippen LogP contribution in [0.5, 0.6) is 0 Å². The zero-order valence-electron chi connectivity index (χ0n) is 9.58. The first-order chi connectivity index (χ1) is 6.74. The summed E-state index contributed by atoms with van der Waals surface area (Å²) >= 11 is 0. The van der Waals surface area contributed by atoms with Crippen molar-refractivity contribution in [1.29, 1.82) is 0 Å². The predicted molar refractivity (Wildman–Crippen MR) is 63.0 cm³/mol. The van der Waals surface area contributed by atoms with Gasteiger partial charge in [-0.2, -0.15) is 0 Å². The normalized spacial score (nSPS) is 10.6. The fourth-order valence-corrected chi connectivity index (χ4v) is 2.72. The molecule has 14 heavy (non-hydrogen) atoms. The summed E-state index contributed by atoms with van der Waals surface area (Å²) in [5, 5.41) is 0. The Kier molecular flexibility index (Phi) is 13.0. The third-order valence-corrected chi connectivity index (χ3v) is 3.86. The van der Waals surface area contributed by atoms with Crippen LogP contribution < -0.4 is 0 Å². The highest BCUT2D eigenvalue weighted by Gasteiger charge is 2.36. The zero-order chi connectivity index (χ0) is 11.4. The average molecular weight is 238 g/mol. The summed E-state index contributed by atoms with van der Waals surface area (Å²) in [4.78, 5) is 7.14. The molecule has 0 saturated carbocycles. The molecule has 0 atom stereocenters. The van der Waals surface area contributed by atoms with E-state index in [-0.39, 0.29) is 0 Å². The van der Waals surface area contributed by atoms with Gasteiger partial charge < -0.3 is 18.1 Å². The molecule has 0 aromatic heterocycles. The quantitative estimate of drug-likeness (QED) is 0.635. The molecule has 0 aliphatic carbocycles. The van der Waals surface area contributed by atoms with Gasteiger partial charge in [-0.1, -0.05) is 6.58 Å². The van der Waals surface area contributed by atoms with Gasteiger partial charge in [0.05, 0.1) is 0 Å². The van der Waals surface area contributed by atoms with Crippen molar-refractivity contribution in [2.45, 2.75) is 20.8 Å². The minimum Gasteiger partial charge on any atom is -0.442 e. The summed E-state index contributed by atoms with van der Waals surface area (Å²) in [6.07, 6.45) is 0. The van der Waals surface area contributed by atoms with Crippen LogP contribution in [0.2, 0.25) is 0 Å².